The van der Waals surface area contributed by atoms with Crippen molar-refractivity contribution in [3.05, 3.63) is 46.4 Å². The van der Waals surface area contributed by atoms with Crippen LogP contribution in [-0.2, 0) is 0 Å². The van der Waals surface area contributed by atoms with Gasteiger partial charge in [-0.1, -0.05) is 40.2 Å². The van der Waals surface area contributed by atoms with Gasteiger partial charge in [0.05, 0.1) is 5.56 Å². The number of carboxylic acid groups (broad SMARTS) is 1. The number of aromatic carboxylic acids is 1. The molecule has 2 nitrogen and oxygen atoms in total. The molecular weight excluding hydrogens is 314 g/mol. The van der Waals surface area contributed by atoms with E-state index < -0.39 is 5.97 Å². The van der Waals surface area contributed by atoms with E-state index in [4.69, 9.17) is 5.11 Å². The van der Waals surface area contributed by atoms with Gasteiger partial charge in [-0.25, -0.2) is 4.79 Å². The van der Waals surface area contributed by atoms with E-state index >= 15 is 0 Å². The van der Waals surface area contributed by atoms with E-state index in [9.17, 15) is 4.79 Å². The van der Waals surface area contributed by atoms with Gasteiger partial charge < -0.3 is 5.11 Å². The predicted molar refractivity (Wildman–Crippen MR) is 64.4 cm³/mol. The predicted octanol–water partition coefficient (Wildman–Crippen LogP) is 2.92. The van der Waals surface area contributed by atoms with E-state index in [-0.39, 0.29) is 19.8 Å². The number of hydrogen-bond acceptors (Lipinski definition) is 1. The summed E-state index contributed by atoms with van der Waals surface area (Å²) in [5.74, 6) is -0.895. The number of carbonyl (C=O) groups is 1. The summed E-state index contributed by atoms with van der Waals surface area (Å²) in [6.07, 6.45) is 0. The molecule has 1 N–H and O–H groups in total. The molecule has 0 heterocycles. The molecule has 0 saturated heterocycles. The van der Waals surface area contributed by atoms with Gasteiger partial charge in [0.2, 0.25) is 0 Å². The summed E-state index contributed by atoms with van der Waals surface area (Å²) in [6, 6.07) is 10.8. The van der Waals surface area contributed by atoms with Crippen LogP contribution in [-0.4, -0.2) is 30.9 Å². The van der Waals surface area contributed by atoms with Gasteiger partial charge in [0.1, 0.15) is 0 Å². The topological polar surface area (TPSA) is 37.3 Å². The van der Waals surface area contributed by atoms with Crippen molar-refractivity contribution < 1.29 is 9.90 Å². The van der Waals surface area contributed by atoms with Gasteiger partial charge in [-0.2, -0.15) is 0 Å². The average Bonchev–Trinajstić information content (AvgIpc) is 2.17. The Labute approximate surface area is 108 Å². The Morgan fingerprint density at radius 3 is 2.33 bits per heavy atom. The minimum absolute atomic E-state index is 0. The normalized spacial score (nSPS) is 9.67. The van der Waals surface area contributed by atoms with E-state index in [1.807, 2.05) is 24.3 Å². The second kappa shape index (κ2) is 4.87. The summed E-state index contributed by atoms with van der Waals surface area (Å²) in [5, 5.41) is 10.6. The Bertz CT molecular complexity index is 511. The molecule has 0 fully saturated rings. The zero-order valence-electron chi connectivity index (χ0n) is 7.77. The summed E-state index contributed by atoms with van der Waals surface area (Å²) in [4.78, 5) is 10.9. The average molecular weight is 321 g/mol. The molecule has 2 aromatic rings. The number of halogens is 1. The molecule has 0 unspecified atom stereocenters. The van der Waals surface area contributed by atoms with Crippen LogP contribution in [0.1, 0.15) is 10.4 Å². The van der Waals surface area contributed by atoms with Gasteiger partial charge in [-0.15, -0.1) is 0 Å². The molecule has 0 aliphatic carbocycles. The van der Waals surface area contributed by atoms with E-state index in [2.05, 4.69) is 15.9 Å². The van der Waals surface area contributed by atoms with E-state index in [0.29, 0.717) is 5.56 Å². The van der Waals surface area contributed by atoms with Crippen molar-refractivity contribution in [3.8, 4) is 0 Å². The van der Waals surface area contributed by atoms with Crippen LogP contribution in [0.15, 0.2) is 40.9 Å². The van der Waals surface area contributed by atoms with Crippen molar-refractivity contribution in [1.82, 2.24) is 0 Å². The van der Waals surface area contributed by atoms with Crippen LogP contribution in [0.3, 0.4) is 0 Å². The zero-order valence-corrected chi connectivity index (χ0v) is 11.8. The van der Waals surface area contributed by atoms with E-state index in [1.165, 1.54) is 0 Å². The summed E-state index contributed by atoms with van der Waals surface area (Å²) in [5.41, 5.74) is 0.337. The molecule has 0 aromatic heterocycles. The number of benzene rings is 2. The van der Waals surface area contributed by atoms with Crippen molar-refractivity contribution in [3.63, 3.8) is 0 Å². The Hall–Kier alpha value is -0.714. The second-order valence-electron chi connectivity index (χ2n) is 2.95. The largest absolute Gasteiger partial charge is 0.478 e. The molecule has 0 saturated carbocycles. The third-order valence-electron chi connectivity index (χ3n) is 2.10. The summed E-state index contributed by atoms with van der Waals surface area (Å²) < 4.78 is 0.915. The summed E-state index contributed by atoms with van der Waals surface area (Å²) in [6.45, 7) is 0. The molecule has 0 amide bonds. The Kier molecular flexibility index (Phi) is 4.01. The maximum absolute atomic E-state index is 10.9. The summed E-state index contributed by atoms with van der Waals surface area (Å²) in [7, 11) is 0. The molecule has 3 radical (unpaired) electrons. The van der Waals surface area contributed by atoms with Gasteiger partial charge in [-0.3, -0.25) is 0 Å². The quantitative estimate of drug-likeness (QED) is 0.820. The number of hydrogen-bond donors (Lipinski definition) is 1. The van der Waals surface area contributed by atoms with Gasteiger partial charge in [0.25, 0.3) is 0 Å². The first kappa shape index (κ1) is 12.4. The Balaban J connectivity index is 0.00000112. The molecule has 0 aliphatic rings. The first-order valence-electron chi connectivity index (χ1n) is 4.10. The van der Waals surface area contributed by atoms with E-state index in [1.54, 1.807) is 12.1 Å². The zero-order chi connectivity index (χ0) is 10.1. The van der Waals surface area contributed by atoms with E-state index in [0.717, 1.165) is 15.2 Å². The molecule has 4 heteroatoms. The number of rotatable bonds is 1. The smallest absolute Gasteiger partial charge is 0.336 e. The third-order valence-corrected chi connectivity index (χ3v) is 2.79. The Morgan fingerprint density at radius 2 is 1.67 bits per heavy atom. The number of carboxylic acids is 1. The summed E-state index contributed by atoms with van der Waals surface area (Å²) >= 11 is 3.39. The molecule has 0 aliphatic heterocycles. The van der Waals surface area contributed by atoms with Gasteiger partial charge in [0, 0.05) is 24.3 Å². The van der Waals surface area contributed by atoms with Crippen LogP contribution in [0.2, 0.25) is 0 Å². The van der Waals surface area contributed by atoms with Gasteiger partial charge in [0.15, 0.2) is 0 Å². The van der Waals surface area contributed by atoms with Gasteiger partial charge >= 0.3 is 5.97 Å². The molecule has 0 bridgehead atoms. The number of fused-ring (bicyclic) bond motifs is 1. The fourth-order valence-corrected chi connectivity index (χ4v) is 1.96. The minimum Gasteiger partial charge on any atom is -0.478 e. The first-order valence-corrected chi connectivity index (χ1v) is 4.90. The first-order chi connectivity index (χ1) is 6.70. The fraction of sp³-hybridized carbons (Fsp3) is 0. The van der Waals surface area contributed by atoms with Crippen molar-refractivity contribution in [2.75, 3.05) is 0 Å². The minimum atomic E-state index is -0.895. The van der Waals surface area contributed by atoms with Crippen LogP contribution in [0.5, 0.6) is 0 Å². The van der Waals surface area contributed by atoms with Crippen LogP contribution in [0, 0.1) is 0 Å². The standard InChI is InChI=1S/C11H7BrO2.Ga/c12-10-6-2-3-7-8(10)4-1-5-9(7)11(13)14;/h1-6H,(H,13,14);. The molecule has 0 atom stereocenters. The van der Waals surface area contributed by atoms with Crippen molar-refractivity contribution in [1.29, 1.82) is 0 Å². The Morgan fingerprint density at radius 1 is 1.07 bits per heavy atom. The van der Waals surface area contributed by atoms with Crippen LogP contribution in [0.25, 0.3) is 10.8 Å². The maximum atomic E-state index is 10.9. The van der Waals surface area contributed by atoms with Crippen LogP contribution >= 0.6 is 15.9 Å². The van der Waals surface area contributed by atoms with Gasteiger partial charge in [-0.05, 0) is 22.9 Å². The van der Waals surface area contributed by atoms with Crippen molar-refractivity contribution in [2.24, 2.45) is 0 Å². The fourth-order valence-electron chi connectivity index (χ4n) is 1.46. The molecule has 15 heavy (non-hydrogen) atoms. The van der Waals surface area contributed by atoms with Crippen LogP contribution < -0.4 is 0 Å². The van der Waals surface area contributed by atoms with Crippen LogP contribution in [0.4, 0.5) is 0 Å². The molecule has 2 aromatic carbocycles. The maximum Gasteiger partial charge on any atom is 0.336 e. The molecule has 0 spiro atoms. The molecule has 2 rings (SSSR count). The second-order valence-corrected chi connectivity index (χ2v) is 3.80. The SMILES string of the molecule is O=C(O)c1cccc2c(Br)cccc12.[Ga]. The third kappa shape index (κ3) is 2.27. The molecular formula is C11H7BrGaO2. The van der Waals surface area contributed by atoms with Crippen molar-refractivity contribution in [2.45, 2.75) is 0 Å². The molecule has 73 valence electrons. The monoisotopic (exact) mass is 319 g/mol. The van der Waals surface area contributed by atoms with Crippen molar-refractivity contribution >= 4 is 52.5 Å².